The van der Waals surface area contributed by atoms with E-state index in [-0.39, 0.29) is 41.6 Å². The van der Waals surface area contributed by atoms with E-state index in [9.17, 15) is 18.0 Å². The maximum Gasteiger partial charge on any atom is 0.243 e. The summed E-state index contributed by atoms with van der Waals surface area (Å²) in [6, 6.07) is 9.73. The van der Waals surface area contributed by atoms with Crippen LogP contribution >= 0.6 is 11.3 Å². The first-order valence-corrected chi connectivity index (χ1v) is 12.1. The highest BCUT2D eigenvalue weighted by molar-refractivity contribution is 7.89. The number of thiophene rings is 1. The quantitative estimate of drug-likeness (QED) is 0.652. The van der Waals surface area contributed by atoms with Crippen LogP contribution < -0.4 is 5.32 Å². The Labute approximate surface area is 181 Å². The molecule has 1 aliphatic rings. The molecular formula is C21H26N2O5S2. The lowest BCUT2D eigenvalue weighted by Gasteiger charge is -2.34. The molecule has 1 aliphatic heterocycles. The fourth-order valence-corrected chi connectivity index (χ4v) is 5.77. The van der Waals surface area contributed by atoms with E-state index >= 15 is 0 Å². The molecule has 2 heterocycles. The van der Waals surface area contributed by atoms with Gasteiger partial charge in [0.25, 0.3) is 0 Å². The first-order valence-electron chi connectivity index (χ1n) is 9.80. The summed E-state index contributed by atoms with van der Waals surface area (Å²) in [6.45, 7) is 6.24. The van der Waals surface area contributed by atoms with Crippen molar-refractivity contribution in [2.45, 2.75) is 50.7 Å². The number of sulfonamides is 1. The summed E-state index contributed by atoms with van der Waals surface area (Å²) in [5.41, 5.74) is 0.488. The fraction of sp³-hybridized carbons (Fsp3) is 0.429. The largest absolute Gasteiger partial charge is 0.373 e. The van der Waals surface area contributed by atoms with E-state index in [2.05, 4.69) is 5.32 Å². The van der Waals surface area contributed by atoms with Crippen molar-refractivity contribution in [1.82, 2.24) is 4.31 Å². The zero-order valence-corrected chi connectivity index (χ0v) is 18.9. The Balaban J connectivity index is 1.57. The minimum absolute atomic E-state index is 0.0568. The molecule has 1 amide bonds. The summed E-state index contributed by atoms with van der Waals surface area (Å²) in [7, 11) is -3.63. The van der Waals surface area contributed by atoms with Gasteiger partial charge >= 0.3 is 0 Å². The van der Waals surface area contributed by atoms with Crippen LogP contribution in [0.4, 0.5) is 5.69 Å². The molecule has 2 unspecified atom stereocenters. The third-order valence-electron chi connectivity index (χ3n) is 4.76. The highest BCUT2D eigenvalue weighted by Gasteiger charge is 2.32. The van der Waals surface area contributed by atoms with Gasteiger partial charge in [0.05, 0.1) is 22.0 Å². The summed E-state index contributed by atoms with van der Waals surface area (Å²) in [5.74, 6) is -0.346. The molecule has 7 nitrogen and oxygen atoms in total. The van der Waals surface area contributed by atoms with Crippen molar-refractivity contribution in [1.29, 1.82) is 0 Å². The molecule has 9 heteroatoms. The van der Waals surface area contributed by atoms with Crippen molar-refractivity contribution in [3.8, 4) is 0 Å². The van der Waals surface area contributed by atoms with E-state index in [0.717, 1.165) is 4.88 Å². The molecule has 0 aliphatic carbocycles. The van der Waals surface area contributed by atoms with Crippen molar-refractivity contribution in [2.75, 3.05) is 18.4 Å². The Hall–Kier alpha value is -2.07. The van der Waals surface area contributed by atoms with E-state index in [1.165, 1.54) is 27.8 Å². The lowest BCUT2D eigenvalue weighted by atomic mass is 10.2. The molecule has 3 rings (SSSR count). The van der Waals surface area contributed by atoms with Crippen LogP contribution in [0.1, 0.15) is 41.2 Å². The van der Waals surface area contributed by atoms with Crippen LogP contribution in [-0.4, -0.2) is 49.7 Å². The molecule has 0 radical (unpaired) electrons. The number of nitrogens with one attached hydrogen (secondary N) is 1. The lowest BCUT2D eigenvalue weighted by molar-refractivity contribution is -0.116. The van der Waals surface area contributed by atoms with Gasteiger partial charge in [-0.25, -0.2) is 8.42 Å². The third kappa shape index (κ3) is 5.54. The average Bonchev–Trinajstić information content (AvgIpc) is 3.12. The van der Waals surface area contributed by atoms with Gasteiger partial charge in [0.15, 0.2) is 5.78 Å². The maximum atomic E-state index is 12.9. The normalized spacial score (nSPS) is 20.1. The van der Waals surface area contributed by atoms with Gasteiger partial charge in [-0.3, -0.25) is 9.59 Å². The number of ether oxygens (including phenoxy) is 1. The summed E-state index contributed by atoms with van der Waals surface area (Å²) in [5, 5.41) is 2.71. The van der Waals surface area contributed by atoms with Crippen molar-refractivity contribution in [3.63, 3.8) is 0 Å². The number of Topliss-reactive ketones (excluding diaryl/α,β-unsaturated/α-hetero) is 1. The Kier molecular flexibility index (Phi) is 7.07. The van der Waals surface area contributed by atoms with Gasteiger partial charge in [-0.15, -0.1) is 11.3 Å². The standard InChI is InChI=1S/C21H26N2O5S2/c1-14-12-23(13-15(2)28-14)30(26,27)18-7-5-17(6-8-18)22-21(25)11-9-19(24)20-10-4-16(3)29-20/h4-8,10,14-15H,9,11-13H2,1-3H3,(H,22,25). The number of aryl methyl sites for hydroxylation is 1. The molecule has 2 aromatic rings. The van der Waals surface area contributed by atoms with Crippen molar-refractivity contribution < 1.29 is 22.7 Å². The van der Waals surface area contributed by atoms with Crippen LogP contribution in [-0.2, 0) is 19.6 Å². The van der Waals surface area contributed by atoms with Gasteiger partial charge in [-0.2, -0.15) is 4.31 Å². The van der Waals surface area contributed by atoms with E-state index in [1.807, 2.05) is 26.8 Å². The van der Waals surface area contributed by atoms with Crippen LogP contribution in [0.3, 0.4) is 0 Å². The number of carbonyl (C=O) groups excluding carboxylic acids is 2. The maximum absolute atomic E-state index is 12.9. The first kappa shape index (κ1) is 22.6. The van der Waals surface area contributed by atoms with Gasteiger partial charge in [0.2, 0.25) is 15.9 Å². The fourth-order valence-electron chi connectivity index (χ4n) is 3.34. The average molecular weight is 451 g/mol. The zero-order valence-electron chi connectivity index (χ0n) is 17.3. The molecule has 2 atom stereocenters. The van der Waals surface area contributed by atoms with E-state index < -0.39 is 10.0 Å². The second-order valence-corrected chi connectivity index (χ2v) is 10.7. The van der Waals surface area contributed by atoms with Gasteiger partial charge in [0.1, 0.15) is 0 Å². The number of rotatable bonds is 7. The zero-order chi connectivity index (χ0) is 21.9. The van der Waals surface area contributed by atoms with Crippen LogP contribution in [0.5, 0.6) is 0 Å². The monoisotopic (exact) mass is 450 g/mol. The number of benzene rings is 1. The molecule has 1 N–H and O–H groups in total. The van der Waals surface area contributed by atoms with Gasteiger partial charge in [-0.05, 0) is 57.2 Å². The molecule has 0 saturated carbocycles. The summed E-state index contributed by atoms with van der Waals surface area (Å²) in [4.78, 5) is 26.2. The summed E-state index contributed by atoms with van der Waals surface area (Å²) in [6.07, 6.45) is -0.129. The van der Waals surface area contributed by atoms with Crippen LogP contribution in [0, 0.1) is 6.92 Å². The van der Waals surface area contributed by atoms with Crippen LogP contribution in [0.2, 0.25) is 0 Å². The van der Waals surface area contributed by atoms with Crippen molar-refractivity contribution >= 4 is 38.7 Å². The van der Waals surface area contributed by atoms with Crippen molar-refractivity contribution in [2.24, 2.45) is 0 Å². The van der Waals surface area contributed by atoms with E-state index in [1.54, 1.807) is 18.2 Å². The molecule has 1 aromatic heterocycles. The Morgan fingerprint density at radius 1 is 1.07 bits per heavy atom. The predicted octanol–water partition coefficient (Wildman–Crippen LogP) is 3.46. The number of anilines is 1. The SMILES string of the molecule is Cc1ccc(C(=O)CCC(=O)Nc2ccc(S(=O)(=O)N3CC(C)OC(C)C3)cc2)s1. The van der Waals surface area contributed by atoms with Crippen molar-refractivity contribution in [3.05, 3.63) is 46.2 Å². The Morgan fingerprint density at radius 3 is 2.27 bits per heavy atom. The number of amides is 1. The Morgan fingerprint density at radius 2 is 1.70 bits per heavy atom. The lowest BCUT2D eigenvalue weighted by Crippen LogP contribution is -2.48. The van der Waals surface area contributed by atoms with Gasteiger partial charge < -0.3 is 10.1 Å². The number of morpholine rings is 1. The number of hydrogen-bond donors (Lipinski definition) is 1. The molecule has 0 bridgehead atoms. The highest BCUT2D eigenvalue weighted by atomic mass is 32.2. The highest BCUT2D eigenvalue weighted by Crippen LogP contribution is 2.23. The molecule has 1 aromatic carbocycles. The summed E-state index contributed by atoms with van der Waals surface area (Å²) >= 11 is 1.42. The third-order valence-corrected chi connectivity index (χ3v) is 7.64. The van der Waals surface area contributed by atoms with Gasteiger partial charge in [-0.1, -0.05) is 0 Å². The number of nitrogens with zero attached hydrogens (tertiary/aromatic N) is 1. The van der Waals surface area contributed by atoms with Gasteiger partial charge in [0, 0.05) is 36.5 Å². The number of ketones is 1. The van der Waals surface area contributed by atoms with Crippen LogP contribution in [0.15, 0.2) is 41.3 Å². The van der Waals surface area contributed by atoms with E-state index in [4.69, 9.17) is 4.74 Å². The first-order chi connectivity index (χ1) is 14.1. The molecular weight excluding hydrogens is 424 g/mol. The summed E-state index contributed by atoms with van der Waals surface area (Å²) < 4.78 is 32.8. The van der Waals surface area contributed by atoms with Crippen LogP contribution in [0.25, 0.3) is 0 Å². The minimum atomic E-state index is -3.63. The second-order valence-electron chi connectivity index (χ2n) is 7.49. The minimum Gasteiger partial charge on any atom is -0.373 e. The predicted molar refractivity (Wildman–Crippen MR) is 116 cm³/mol. The number of hydrogen-bond acceptors (Lipinski definition) is 6. The Bertz CT molecular complexity index is 1000. The smallest absolute Gasteiger partial charge is 0.243 e. The molecule has 0 spiro atoms. The molecule has 1 fully saturated rings. The molecule has 30 heavy (non-hydrogen) atoms. The second kappa shape index (κ2) is 9.38. The topological polar surface area (TPSA) is 92.8 Å². The number of carbonyl (C=O) groups is 2. The molecule has 162 valence electrons. The molecule has 1 saturated heterocycles. The van der Waals surface area contributed by atoms with E-state index in [0.29, 0.717) is 23.7 Å².